The maximum atomic E-state index is 11.8. The molecule has 1 N–H and O–H groups in total. The van der Waals surface area contributed by atoms with Crippen molar-refractivity contribution in [1.29, 1.82) is 0 Å². The average molecular weight is 261 g/mol. The molecule has 0 radical (unpaired) electrons. The number of ketones is 1. The molecule has 0 aromatic heterocycles. The number of nitrogens with one attached hydrogen (secondary N) is 1. The first-order chi connectivity index (χ1) is 9.16. The molecule has 1 unspecified atom stereocenters. The first-order valence-electron chi connectivity index (χ1n) is 6.21. The minimum Gasteiger partial charge on any atom is -0.464 e. The summed E-state index contributed by atoms with van der Waals surface area (Å²) < 4.78 is 4.74. The zero-order chi connectivity index (χ0) is 13.7. The van der Waals surface area contributed by atoms with Gasteiger partial charge in [0.1, 0.15) is 6.04 Å². The van der Waals surface area contributed by atoms with Gasteiger partial charge in [-0.25, -0.2) is 4.79 Å². The summed E-state index contributed by atoms with van der Waals surface area (Å²) in [5.74, 6) is -0.777. The second-order valence-electron chi connectivity index (χ2n) is 4.37. The van der Waals surface area contributed by atoms with Crippen LogP contribution < -0.4 is 5.32 Å². The van der Waals surface area contributed by atoms with Crippen LogP contribution in [0.1, 0.15) is 29.6 Å². The molecule has 1 aromatic rings. The Morgan fingerprint density at radius 2 is 1.95 bits per heavy atom. The number of esters is 1. The number of rotatable bonds is 5. The van der Waals surface area contributed by atoms with Crippen molar-refractivity contribution >= 4 is 17.7 Å². The van der Waals surface area contributed by atoms with Gasteiger partial charge in [-0.1, -0.05) is 30.3 Å². The monoisotopic (exact) mass is 261 g/mol. The molecule has 1 saturated heterocycles. The Labute approximate surface area is 110 Å². The molecule has 5 heteroatoms. The molecular weight excluding hydrogens is 246 g/mol. The molecule has 19 heavy (non-hydrogen) atoms. The van der Waals surface area contributed by atoms with Crippen LogP contribution in [-0.2, 0) is 14.3 Å². The van der Waals surface area contributed by atoms with Gasteiger partial charge in [-0.3, -0.25) is 9.59 Å². The standard InChI is InChI=1S/C14H15NO4/c16-12(10-4-2-1-3-5-10)6-7-13(17)15-11-8-9-19-14(11)18/h1-5,11H,6-9H2,(H,15,17). The number of amides is 1. The molecule has 0 spiro atoms. The lowest BCUT2D eigenvalue weighted by Gasteiger charge is -2.08. The summed E-state index contributed by atoms with van der Waals surface area (Å²) in [4.78, 5) is 34.6. The Hall–Kier alpha value is -2.17. The highest BCUT2D eigenvalue weighted by Crippen LogP contribution is 2.08. The van der Waals surface area contributed by atoms with Gasteiger partial charge in [0.05, 0.1) is 6.61 Å². The van der Waals surface area contributed by atoms with Gasteiger partial charge >= 0.3 is 5.97 Å². The SMILES string of the molecule is O=C(CCC(=O)c1ccccc1)NC1CCOC1=O. The fourth-order valence-electron chi connectivity index (χ4n) is 1.89. The molecule has 1 aromatic carbocycles. The molecule has 2 rings (SSSR count). The van der Waals surface area contributed by atoms with Gasteiger partial charge < -0.3 is 10.1 Å². The number of carbonyl (C=O) groups is 3. The number of hydrogen-bond donors (Lipinski definition) is 1. The second kappa shape index (κ2) is 6.13. The largest absolute Gasteiger partial charge is 0.464 e. The highest BCUT2D eigenvalue weighted by molar-refractivity contribution is 5.98. The Kier molecular flexibility index (Phi) is 4.28. The molecule has 1 heterocycles. The Bertz CT molecular complexity index is 483. The number of hydrogen-bond acceptors (Lipinski definition) is 4. The van der Waals surface area contributed by atoms with Gasteiger partial charge in [0.2, 0.25) is 5.91 Å². The summed E-state index contributed by atoms with van der Waals surface area (Å²) in [5, 5.41) is 2.57. The molecule has 1 atom stereocenters. The lowest BCUT2D eigenvalue weighted by atomic mass is 10.1. The fraction of sp³-hybridized carbons (Fsp3) is 0.357. The maximum Gasteiger partial charge on any atom is 0.328 e. The first kappa shape index (κ1) is 13.3. The summed E-state index contributed by atoms with van der Waals surface area (Å²) in [7, 11) is 0. The molecule has 5 nitrogen and oxygen atoms in total. The summed E-state index contributed by atoms with van der Waals surface area (Å²) in [5.41, 5.74) is 0.593. The van der Waals surface area contributed by atoms with E-state index in [9.17, 15) is 14.4 Å². The van der Waals surface area contributed by atoms with E-state index >= 15 is 0 Å². The highest BCUT2D eigenvalue weighted by Gasteiger charge is 2.27. The fourth-order valence-corrected chi connectivity index (χ4v) is 1.89. The normalized spacial score (nSPS) is 17.9. The highest BCUT2D eigenvalue weighted by atomic mass is 16.5. The van der Waals surface area contributed by atoms with E-state index in [-0.39, 0.29) is 24.5 Å². The van der Waals surface area contributed by atoms with E-state index in [0.717, 1.165) is 0 Å². The second-order valence-corrected chi connectivity index (χ2v) is 4.37. The zero-order valence-corrected chi connectivity index (χ0v) is 10.4. The molecule has 1 fully saturated rings. The van der Waals surface area contributed by atoms with Crippen LogP contribution in [0.25, 0.3) is 0 Å². The van der Waals surface area contributed by atoms with E-state index in [1.165, 1.54) is 0 Å². The Morgan fingerprint density at radius 3 is 2.58 bits per heavy atom. The van der Waals surface area contributed by atoms with Crippen LogP contribution in [-0.4, -0.2) is 30.3 Å². The van der Waals surface area contributed by atoms with Gasteiger partial charge in [-0.05, 0) is 0 Å². The van der Waals surface area contributed by atoms with Crippen molar-refractivity contribution in [3.05, 3.63) is 35.9 Å². The predicted molar refractivity (Wildman–Crippen MR) is 67.5 cm³/mol. The number of benzene rings is 1. The van der Waals surface area contributed by atoms with Crippen molar-refractivity contribution in [3.63, 3.8) is 0 Å². The quantitative estimate of drug-likeness (QED) is 0.636. The molecule has 0 saturated carbocycles. The van der Waals surface area contributed by atoms with Crippen LogP contribution in [0.2, 0.25) is 0 Å². The van der Waals surface area contributed by atoms with Crippen molar-refractivity contribution in [3.8, 4) is 0 Å². The smallest absolute Gasteiger partial charge is 0.328 e. The summed E-state index contributed by atoms with van der Waals surface area (Å²) >= 11 is 0. The van der Waals surface area contributed by atoms with Crippen molar-refractivity contribution in [2.24, 2.45) is 0 Å². The van der Waals surface area contributed by atoms with Crippen LogP contribution in [0.4, 0.5) is 0 Å². The van der Waals surface area contributed by atoms with E-state index in [4.69, 9.17) is 4.74 Å². The van der Waals surface area contributed by atoms with Gasteiger partial charge in [0, 0.05) is 24.8 Å². The van der Waals surface area contributed by atoms with E-state index in [2.05, 4.69) is 5.32 Å². The van der Waals surface area contributed by atoms with E-state index in [1.54, 1.807) is 24.3 Å². The molecule has 1 aliphatic rings. The molecule has 1 aliphatic heterocycles. The third-order valence-electron chi connectivity index (χ3n) is 2.95. The van der Waals surface area contributed by atoms with Gasteiger partial charge in [0.25, 0.3) is 0 Å². The van der Waals surface area contributed by atoms with Crippen LogP contribution in [0.5, 0.6) is 0 Å². The lowest BCUT2D eigenvalue weighted by molar-refractivity contribution is -0.141. The van der Waals surface area contributed by atoms with Gasteiger partial charge in [-0.15, -0.1) is 0 Å². The van der Waals surface area contributed by atoms with Crippen molar-refractivity contribution < 1.29 is 19.1 Å². The molecule has 100 valence electrons. The minimum atomic E-state index is -0.556. The number of ether oxygens (including phenoxy) is 1. The number of cyclic esters (lactones) is 1. The molecular formula is C14H15NO4. The summed E-state index contributed by atoms with van der Waals surface area (Å²) in [6.45, 7) is 0.340. The van der Waals surface area contributed by atoms with Crippen LogP contribution in [0, 0.1) is 0 Å². The van der Waals surface area contributed by atoms with Crippen LogP contribution >= 0.6 is 0 Å². The van der Waals surface area contributed by atoms with E-state index < -0.39 is 12.0 Å². The molecule has 0 bridgehead atoms. The van der Waals surface area contributed by atoms with Crippen LogP contribution in [0.3, 0.4) is 0 Å². The molecule has 0 aliphatic carbocycles. The first-order valence-corrected chi connectivity index (χ1v) is 6.21. The predicted octanol–water partition coefficient (Wildman–Crippen LogP) is 1.08. The van der Waals surface area contributed by atoms with Crippen molar-refractivity contribution in [1.82, 2.24) is 5.32 Å². The van der Waals surface area contributed by atoms with E-state index in [1.807, 2.05) is 6.07 Å². The zero-order valence-electron chi connectivity index (χ0n) is 10.4. The summed E-state index contributed by atoms with van der Waals surface area (Å²) in [6.07, 6.45) is 0.715. The van der Waals surface area contributed by atoms with Gasteiger partial charge in [0.15, 0.2) is 5.78 Å². The van der Waals surface area contributed by atoms with Crippen LogP contribution in [0.15, 0.2) is 30.3 Å². The third-order valence-corrected chi connectivity index (χ3v) is 2.95. The maximum absolute atomic E-state index is 11.8. The van der Waals surface area contributed by atoms with E-state index in [0.29, 0.717) is 18.6 Å². The third kappa shape index (κ3) is 3.64. The molecule has 1 amide bonds. The minimum absolute atomic E-state index is 0.0789. The Balaban J connectivity index is 1.77. The average Bonchev–Trinajstić information content (AvgIpc) is 2.82. The van der Waals surface area contributed by atoms with Crippen molar-refractivity contribution in [2.75, 3.05) is 6.61 Å². The van der Waals surface area contributed by atoms with Gasteiger partial charge in [-0.2, -0.15) is 0 Å². The topological polar surface area (TPSA) is 72.5 Å². The lowest BCUT2D eigenvalue weighted by Crippen LogP contribution is -2.37. The Morgan fingerprint density at radius 1 is 1.21 bits per heavy atom. The summed E-state index contributed by atoms with van der Waals surface area (Å²) in [6, 6.07) is 8.27. The van der Waals surface area contributed by atoms with Crippen molar-refractivity contribution in [2.45, 2.75) is 25.3 Å². The number of Topliss-reactive ketones (excluding diaryl/α,β-unsaturated/α-hetero) is 1. The number of carbonyl (C=O) groups excluding carboxylic acids is 3.